The van der Waals surface area contributed by atoms with Gasteiger partial charge in [-0.3, -0.25) is 0 Å². The van der Waals surface area contributed by atoms with Crippen LogP contribution in [-0.2, 0) is 13.1 Å². The van der Waals surface area contributed by atoms with Crippen LogP contribution in [0.15, 0.2) is 72.8 Å². The summed E-state index contributed by atoms with van der Waals surface area (Å²) in [5.41, 5.74) is 9.88. The Morgan fingerprint density at radius 3 is 2.30 bits per heavy atom. The quantitative estimate of drug-likeness (QED) is 0.407. The highest BCUT2D eigenvalue weighted by atomic mass is 15.2. The molecule has 0 saturated heterocycles. The maximum atomic E-state index is 9.15. The number of aromatic nitrogens is 2. The highest BCUT2D eigenvalue weighted by Gasteiger charge is 2.41. The van der Waals surface area contributed by atoms with Gasteiger partial charge in [-0.1, -0.05) is 48.5 Å². The van der Waals surface area contributed by atoms with Gasteiger partial charge in [0.05, 0.1) is 17.2 Å². The largest absolute Gasteiger partial charge is 0.290 e. The van der Waals surface area contributed by atoms with E-state index in [4.69, 9.17) is 5.26 Å². The first-order valence-electron chi connectivity index (χ1n) is 9.18. The van der Waals surface area contributed by atoms with Gasteiger partial charge in [0.25, 0.3) is 5.82 Å². The molecule has 2 aliphatic heterocycles. The van der Waals surface area contributed by atoms with E-state index >= 15 is 0 Å². The molecule has 3 heterocycles. The summed E-state index contributed by atoms with van der Waals surface area (Å²) in [5, 5.41) is 9.15. The number of benzene rings is 3. The molecule has 2 aliphatic rings. The fraction of sp³-hybridized carbons (Fsp3) is 0.0833. The van der Waals surface area contributed by atoms with E-state index < -0.39 is 0 Å². The van der Waals surface area contributed by atoms with Gasteiger partial charge in [0, 0.05) is 22.3 Å². The third-order valence-electron chi connectivity index (χ3n) is 5.75. The molecule has 0 spiro atoms. The summed E-state index contributed by atoms with van der Waals surface area (Å²) in [7, 11) is 0. The molecule has 6 rings (SSSR count). The second-order valence-corrected chi connectivity index (χ2v) is 7.20. The molecule has 0 unspecified atom stereocenters. The Bertz CT molecular complexity index is 1200. The van der Waals surface area contributed by atoms with Gasteiger partial charge in [-0.05, 0) is 24.3 Å². The third-order valence-corrected chi connectivity index (χ3v) is 5.75. The summed E-state index contributed by atoms with van der Waals surface area (Å²) < 4.78 is 4.88. The minimum absolute atomic E-state index is 0.695. The van der Waals surface area contributed by atoms with Crippen LogP contribution in [0.4, 0.5) is 0 Å². The molecule has 0 atom stereocenters. The Labute approximate surface area is 157 Å². The Balaban J connectivity index is 1.68. The van der Waals surface area contributed by atoms with E-state index in [0.29, 0.717) is 5.56 Å². The van der Waals surface area contributed by atoms with Crippen molar-refractivity contribution in [1.82, 2.24) is 4.57 Å². The van der Waals surface area contributed by atoms with Crippen LogP contribution in [0.3, 0.4) is 0 Å². The van der Waals surface area contributed by atoms with E-state index in [1.807, 2.05) is 12.1 Å². The second-order valence-electron chi connectivity index (χ2n) is 7.20. The van der Waals surface area contributed by atoms with Crippen molar-refractivity contribution < 1.29 is 4.57 Å². The predicted molar refractivity (Wildman–Crippen MR) is 104 cm³/mol. The Kier molecular flexibility index (Phi) is 2.79. The molecule has 0 radical (unpaired) electrons. The zero-order valence-corrected chi connectivity index (χ0v) is 14.7. The van der Waals surface area contributed by atoms with Crippen LogP contribution in [0.5, 0.6) is 0 Å². The Morgan fingerprint density at radius 1 is 0.815 bits per heavy atom. The van der Waals surface area contributed by atoms with Crippen LogP contribution >= 0.6 is 0 Å². The first-order chi connectivity index (χ1) is 13.3. The van der Waals surface area contributed by atoms with Crippen LogP contribution in [-0.4, -0.2) is 4.57 Å². The summed E-state index contributed by atoms with van der Waals surface area (Å²) >= 11 is 0. The molecule has 4 aromatic rings. The van der Waals surface area contributed by atoms with Crippen molar-refractivity contribution in [1.29, 1.82) is 5.26 Å². The van der Waals surface area contributed by atoms with Gasteiger partial charge in [-0.25, -0.2) is 9.13 Å². The molecule has 0 amide bonds. The van der Waals surface area contributed by atoms with Crippen LogP contribution < -0.4 is 4.57 Å². The fourth-order valence-electron chi connectivity index (χ4n) is 4.59. The highest BCUT2D eigenvalue weighted by molar-refractivity contribution is 5.85. The standard InChI is InChI=1S/C24H16N3/c25-13-16-9-11-17(12-10-16)24-26-14-18-5-1-3-7-20(18)22(26)23-21-8-4-2-6-19(21)15-27(23)24/h1-12H,14-15H2/q+1. The predicted octanol–water partition coefficient (Wildman–Crippen LogP) is 4.37. The lowest BCUT2D eigenvalue weighted by Gasteiger charge is -2.03. The summed E-state index contributed by atoms with van der Waals surface area (Å²) in [5.74, 6) is 1.22. The van der Waals surface area contributed by atoms with Crippen LogP contribution in [0.2, 0.25) is 0 Å². The van der Waals surface area contributed by atoms with Gasteiger partial charge in [0.15, 0.2) is 11.4 Å². The molecule has 3 nitrogen and oxygen atoms in total. The molecule has 0 N–H and O–H groups in total. The summed E-state index contributed by atoms with van der Waals surface area (Å²) in [6.45, 7) is 1.78. The van der Waals surface area contributed by atoms with E-state index in [0.717, 1.165) is 18.7 Å². The van der Waals surface area contributed by atoms with Crippen molar-refractivity contribution in [2.24, 2.45) is 0 Å². The van der Waals surface area contributed by atoms with Gasteiger partial charge < -0.3 is 0 Å². The van der Waals surface area contributed by atoms with Crippen LogP contribution in [0.1, 0.15) is 16.7 Å². The van der Waals surface area contributed by atoms with Crippen LogP contribution in [0, 0.1) is 11.3 Å². The summed E-state index contributed by atoms with van der Waals surface area (Å²) in [4.78, 5) is 0. The number of rotatable bonds is 1. The third kappa shape index (κ3) is 1.87. The number of nitrogens with zero attached hydrogens (tertiary/aromatic N) is 3. The number of nitriles is 1. The maximum absolute atomic E-state index is 9.15. The van der Waals surface area contributed by atoms with Gasteiger partial charge in [-0.15, -0.1) is 0 Å². The van der Waals surface area contributed by atoms with Gasteiger partial charge >= 0.3 is 0 Å². The normalized spacial score (nSPS) is 12.9. The lowest BCUT2D eigenvalue weighted by Crippen LogP contribution is -2.34. The van der Waals surface area contributed by atoms with Gasteiger partial charge in [0.1, 0.15) is 13.1 Å². The van der Waals surface area contributed by atoms with E-state index in [-0.39, 0.29) is 0 Å². The summed E-state index contributed by atoms with van der Waals surface area (Å²) in [6, 6.07) is 27.6. The number of hydrogen-bond acceptors (Lipinski definition) is 1. The van der Waals surface area contributed by atoms with Gasteiger partial charge in [0.2, 0.25) is 0 Å². The number of hydrogen-bond donors (Lipinski definition) is 0. The molecule has 1 aromatic heterocycles. The molecule has 3 heteroatoms. The van der Waals surface area contributed by atoms with Crippen molar-refractivity contribution in [2.75, 3.05) is 0 Å². The molecule has 0 saturated carbocycles. The van der Waals surface area contributed by atoms with Crippen LogP contribution in [0.25, 0.3) is 33.9 Å². The minimum atomic E-state index is 0.695. The SMILES string of the molecule is N#Cc1ccc(-c2n3c(c4[n+]2Cc2ccccc2-4)-c2ccccc2C3)cc1. The van der Waals surface area contributed by atoms with Crippen molar-refractivity contribution in [3.05, 3.63) is 89.5 Å². The molecule has 126 valence electrons. The lowest BCUT2D eigenvalue weighted by molar-refractivity contribution is -0.660. The zero-order chi connectivity index (χ0) is 18.0. The average Bonchev–Trinajstić information content (AvgIpc) is 3.35. The molecule has 27 heavy (non-hydrogen) atoms. The van der Waals surface area contributed by atoms with Crippen molar-refractivity contribution in [3.63, 3.8) is 0 Å². The first-order valence-corrected chi connectivity index (χ1v) is 9.18. The number of imidazole rings is 1. The Morgan fingerprint density at radius 2 is 1.52 bits per heavy atom. The molecular formula is C24H16N3+. The molecule has 0 fully saturated rings. The van der Waals surface area contributed by atoms with E-state index in [1.165, 1.54) is 39.5 Å². The summed E-state index contributed by atoms with van der Waals surface area (Å²) in [6.07, 6.45) is 0. The highest BCUT2D eigenvalue weighted by Crippen LogP contribution is 2.44. The number of fused-ring (bicyclic) bond motifs is 7. The van der Waals surface area contributed by atoms with Crippen molar-refractivity contribution in [3.8, 4) is 40.0 Å². The first kappa shape index (κ1) is 14.5. The monoisotopic (exact) mass is 346 g/mol. The molecule has 3 aromatic carbocycles. The second kappa shape index (κ2) is 5.18. The van der Waals surface area contributed by atoms with Crippen molar-refractivity contribution in [2.45, 2.75) is 13.1 Å². The maximum Gasteiger partial charge on any atom is 0.290 e. The minimum Gasteiger partial charge on any atom is -0.218 e. The topological polar surface area (TPSA) is 32.6 Å². The van der Waals surface area contributed by atoms with Crippen molar-refractivity contribution >= 4 is 0 Å². The molecule has 0 aliphatic carbocycles. The van der Waals surface area contributed by atoms with Gasteiger partial charge in [-0.2, -0.15) is 5.26 Å². The zero-order valence-electron chi connectivity index (χ0n) is 14.7. The van der Waals surface area contributed by atoms with E-state index in [2.05, 4.69) is 75.9 Å². The smallest absolute Gasteiger partial charge is 0.218 e. The Hall–Kier alpha value is -3.64. The molecular weight excluding hydrogens is 330 g/mol. The average molecular weight is 346 g/mol. The molecule has 0 bridgehead atoms. The van der Waals surface area contributed by atoms with E-state index in [1.54, 1.807) is 0 Å². The lowest BCUT2D eigenvalue weighted by atomic mass is 10.0. The van der Waals surface area contributed by atoms with E-state index in [9.17, 15) is 0 Å². The fourth-order valence-corrected chi connectivity index (χ4v) is 4.59.